The standard InChI is InChI=1S/C24H31NO5/c1-7-29-20-14-13-19(15-21(20)28-6)23(27)30-17(2)22(26)25(24(3,4)5)16-18-11-9-8-10-12-18/h8-15,17H,7,16H2,1-6H3/t17-/m1/s1. The number of hydrogen-bond acceptors (Lipinski definition) is 5. The third-order valence-electron chi connectivity index (χ3n) is 4.59. The maximum atomic E-state index is 13.1. The first-order valence-electron chi connectivity index (χ1n) is 10.0. The molecule has 2 aromatic rings. The summed E-state index contributed by atoms with van der Waals surface area (Å²) in [5.74, 6) is 0.136. The maximum Gasteiger partial charge on any atom is 0.339 e. The van der Waals surface area contributed by atoms with Crippen molar-refractivity contribution in [2.24, 2.45) is 0 Å². The van der Waals surface area contributed by atoms with Gasteiger partial charge < -0.3 is 19.1 Å². The summed E-state index contributed by atoms with van der Waals surface area (Å²) in [6.45, 7) is 10.2. The Labute approximate surface area is 178 Å². The summed E-state index contributed by atoms with van der Waals surface area (Å²) in [4.78, 5) is 27.5. The lowest BCUT2D eigenvalue weighted by atomic mass is 10.0. The largest absolute Gasteiger partial charge is 0.493 e. The zero-order valence-corrected chi connectivity index (χ0v) is 18.6. The number of nitrogens with zero attached hydrogens (tertiary/aromatic N) is 1. The number of carbonyl (C=O) groups excluding carboxylic acids is 2. The summed E-state index contributed by atoms with van der Waals surface area (Å²) >= 11 is 0. The number of benzene rings is 2. The predicted molar refractivity (Wildman–Crippen MR) is 116 cm³/mol. The highest BCUT2D eigenvalue weighted by Crippen LogP contribution is 2.28. The minimum atomic E-state index is -0.932. The average molecular weight is 414 g/mol. The van der Waals surface area contributed by atoms with Gasteiger partial charge in [-0.1, -0.05) is 30.3 Å². The summed E-state index contributed by atoms with van der Waals surface area (Å²) < 4.78 is 16.2. The first-order valence-corrected chi connectivity index (χ1v) is 10.0. The van der Waals surface area contributed by atoms with Crippen molar-refractivity contribution in [3.63, 3.8) is 0 Å². The molecule has 2 rings (SSSR count). The van der Waals surface area contributed by atoms with Crippen molar-refractivity contribution in [1.82, 2.24) is 4.90 Å². The topological polar surface area (TPSA) is 65.1 Å². The van der Waals surface area contributed by atoms with Crippen LogP contribution in [-0.4, -0.2) is 42.1 Å². The molecule has 30 heavy (non-hydrogen) atoms. The Hall–Kier alpha value is -3.02. The van der Waals surface area contributed by atoms with E-state index in [-0.39, 0.29) is 5.91 Å². The Morgan fingerprint density at radius 2 is 1.70 bits per heavy atom. The molecular formula is C24H31NO5. The lowest BCUT2D eigenvalue weighted by molar-refractivity contribution is -0.145. The summed E-state index contributed by atoms with van der Waals surface area (Å²) in [5.41, 5.74) is 0.867. The zero-order valence-electron chi connectivity index (χ0n) is 18.6. The van der Waals surface area contributed by atoms with E-state index in [0.29, 0.717) is 30.2 Å². The van der Waals surface area contributed by atoms with Gasteiger partial charge in [-0.15, -0.1) is 0 Å². The van der Waals surface area contributed by atoms with Crippen molar-refractivity contribution in [1.29, 1.82) is 0 Å². The van der Waals surface area contributed by atoms with Crippen molar-refractivity contribution >= 4 is 11.9 Å². The van der Waals surface area contributed by atoms with Gasteiger partial charge in [0.05, 0.1) is 19.3 Å². The van der Waals surface area contributed by atoms with E-state index in [2.05, 4.69) is 0 Å². The Morgan fingerprint density at radius 3 is 2.27 bits per heavy atom. The molecule has 0 heterocycles. The summed E-state index contributed by atoms with van der Waals surface area (Å²) in [6, 6.07) is 14.5. The molecule has 0 bridgehead atoms. The van der Waals surface area contributed by atoms with Gasteiger partial charge in [-0.25, -0.2) is 4.79 Å². The average Bonchev–Trinajstić information content (AvgIpc) is 2.71. The number of esters is 1. The van der Waals surface area contributed by atoms with Crippen LogP contribution in [0.1, 0.15) is 50.5 Å². The first kappa shape index (κ1) is 23.3. The van der Waals surface area contributed by atoms with Gasteiger partial charge in [-0.05, 0) is 58.4 Å². The van der Waals surface area contributed by atoms with Crippen LogP contribution in [-0.2, 0) is 16.1 Å². The van der Waals surface area contributed by atoms with E-state index >= 15 is 0 Å². The molecule has 6 heteroatoms. The van der Waals surface area contributed by atoms with E-state index in [0.717, 1.165) is 5.56 Å². The zero-order chi connectivity index (χ0) is 22.3. The number of ether oxygens (including phenoxy) is 3. The molecule has 1 atom stereocenters. The molecule has 0 fully saturated rings. The quantitative estimate of drug-likeness (QED) is 0.598. The normalized spacial score (nSPS) is 12.1. The monoisotopic (exact) mass is 413 g/mol. The van der Waals surface area contributed by atoms with E-state index in [9.17, 15) is 9.59 Å². The number of carbonyl (C=O) groups is 2. The Morgan fingerprint density at radius 1 is 1.03 bits per heavy atom. The Balaban J connectivity index is 2.15. The van der Waals surface area contributed by atoms with Crippen LogP contribution in [0.4, 0.5) is 0 Å². The molecular weight excluding hydrogens is 382 g/mol. The van der Waals surface area contributed by atoms with Crippen molar-refractivity contribution in [3.8, 4) is 11.5 Å². The smallest absolute Gasteiger partial charge is 0.339 e. The molecule has 0 aliphatic heterocycles. The summed E-state index contributed by atoms with van der Waals surface area (Å²) in [7, 11) is 1.50. The van der Waals surface area contributed by atoms with Gasteiger partial charge >= 0.3 is 5.97 Å². The van der Waals surface area contributed by atoms with E-state index in [1.807, 2.05) is 58.0 Å². The van der Waals surface area contributed by atoms with Gasteiger partial charge in [-0.2, -0.15) is 0 Å². The molecule has 0 saturated heterocycles. The number of rotatable bonds is 8. The SMILES string of the molecule is CCOc1ccc(C(=O)O[C@H](C)C(=O)N(Cc2ccccc2)C(C)(C)C)cc1OC. The van der Waals surface area contributed by atoms with E-state index < -0.39 is 17.6 Å². The van der Waals surface area contributed by atoms with Crippen LogP contribution in [0.25, 0.3) is 0 Å². The highest BCUT2D eigenvalue weighted by Gasteiger charge is 2.32. The predicted octanol–water partition coefficient (Wildman–Crippen LogP) is 4.47. The second-order valence-corrected chi connectivity index (χ2v) is 7.93. The van der Waals surface area contributed by atoms with Crippen LogP contribution in [0.3, 0.4) is 0 Å². The summed E-state index contributed by atoms with van der Waals surface area (Å²) in [6.07, 6.45) is -0.932. The fourth-order valence-electron chi connectivity index (χ4n) is 2.98. The third-order valence-corrected chi connectivity index (χ3v) is 4.59. The van der Waals surface area contributed by atoms with Gasteiger partial charge in [0.2, 0.25) is 0 Å². The highest BCUT2D eigenvalue weighted by molar-refractivity contribution is 5.93. The summed E-state index contributed by atoms with van der Waals surface area (Å²) in [5, 5.41) is 0. The molecule has 0 radical (unpaired) electrons. The van der Waals surface area contributed by atoms with E-state index in [4.69, 9.17) is 14.2 Å². The van der Waals surface area contributed by atoms with Crippen LogP contribution < -0.4 is 9.47 Å². The molecule has 0 aliphatic carbocycles. The van der Waals surface area contributed by atoms with Crippen molar-refractivity contribution < 1.29 is 23.8 Å². The molecule has 0 spiro atoms. The fraction of sp³-hybridized carbons (Fsp3) is 0.417. The lowest BCUT2D eigenvalue weighted by Crippen LogP contribution is -2.49. The van der Waals surface area contributed by atoms with Gasteiger partial charge in [0.25, 0.3) is 5.91 Å². The minimum absolute atomic E-state index is 0.252. The van der Waals surface area contributed by atoms with Crippen molar-refractivity contribution in [2.75, 3.05) is 13.7 Å². The molecule has 6 nitrogen and oxygen atoms in total. The van der Waals surface area contributed by atoms with Crippen LogP contribution in [0.5, 0.6) is 11.5 Å². The van der Waals surface area contributed by atoms with Crippen LogP contribution >= 0.6 is 0 Å². The van der Waals surface area contributed by atoms with Gasteiger partial charge in [0.15, 0.2) is 17.6 Å². The number of methoxy groups -OCH3 is 1. The first-order chi connectivity index (χ1) is 14.2. The molecule has 0 saturated carbocycles. The maximum absolute atomic E-state index is 13.1. The second kappa shape index (κ2) is 10.1. The fourth-order valence-corrected chi connectivity index (χ4v) is 2.98. The number of amides is 1. The van der Waals surface area contributed by atoms with Crippen LogP contribution in [0.2, 0.25) is 0 Å². The highest BCUT2D eigenvalue weighted by atomic mass is 16.5. The molecule has 0 aliphatic rings. The molecule has 1 amide bonds. The lowest BCUT2D eigenvalue weighted by Gasteiger charge is -2.37. The molecule has 162 valence electrons. The number of hydrogen-bond donors (Lipinski definition) is 0. The minimum Gasteiger partial charge on any atom is -0.493 e. The molecule has 0 N–H and O–H groups in total. The van der Waals surface area contributed by atoms with Crippen LogP contribution in [0.15, 0.2) is 48.5 Å². The third kappa shape index (κ3) is 5.99. The van der Waals surface area contributed by atoms with Crippen molar-refractivity contribution in [2.45, 2.75) is 52.8 Å². The van der Waals surface area contributed by atoms with Gasteiger partial charge in [0.1, 0.15) is 0 Å². The van der Waals surface area contributed by atoms with E-state index in [1.54, 1.807) is 30.0 Å². The Kier molecular flexibility index (Phi) is 7.86. The van der Waals surface area contributed by atoms with Crippen LogP contribution in [0, 0.1) is 0 Å². The Bertz CT molecular complexity index is 858. The van der Waals surface area contributed by atoms with Crippen molar-refractivity contribution in [3.05, 3.63) is 59.7 Å². The van der Waals surface area contributed by atoms with Gasteiger partial charge in [-0.3, -0.25) is 4.79 Å². The molecule has 2 aromatic carbocycles. The molecule has 0 aromatic heterocycles. The second-order valence-electron chi connectivity index (χ2n) is 7.93. The van der Waals surface area contributed by atoms with E-state index in [1.165, 1.54) is 7.11 Å². The molecule has 0 unspecified atom stereocenters. The van der Waals surface area contributed by atoms with Gasteiger partial charge in [0, 0.05) is 12.1 Å².